The molecule has 0 aliphatic carbocycles. The molecular formula is C18H17N3OS. The van der Waals surface area contributed by atoms with Gasteiger partial charge in [-0.2, -0.15) is 0 Å². The average molecular weight is 323 g/mol. The normalized spacial score (nSPS) is 15.3. The Labute approximate surface area is 138 Å². The number of carbonyl (C=O) groups excluding carboxylic acids is 1. The molecule has 1 aliphatic heterocycles. The molecule has 0 radical (unpaired) electrons. The van der Waals surface area contributed by atoms with E-state index in [1.807, 2.05) is 0 Å². The second-order valence-corrected chi connectivity index (χ2v) is 6.78. The molecule has 1 aromatic carbocycles. The highest BCUT2D eigenvalue weighted by molar-refractivity contribution is 7.17. The van der Waals surface area contributed by atoms with Gasteiger partial charge in [-0.05, 0) is 12.5 Å². The van der Waals surface area contributed by atoms with Gasteiger partial charge >= 0.3 is 0 Å². The summed E-state index contributed by atoms with van der Waals surface area (Å²) in [5.74, 6) is 1.30. The van der Waals surface area contributed by atoms with Crippen LogP contribution in [0.25, 0.3) is 21.3 Å². The first-order valence-electron chi connectivity index (χ1n) is 7.78. The first kappa shape index (κ1) is 14.3. The van der Waals surface area contributed by atoms with E-state index in [2.05, 4.69) is 51.4 Å². The number of ketones is 1. The van der Waals surface area contributed by atoms with Gasteiger partial charge in [0.2, 0.25) is 0 Å². The van der Waals surface area contributed by atoms with E-state index in [1.54, 1.807) is 17.7 Å². The maximum atomic E-state index is 11.5. The molecule has 0 N–H and O–H groups in total. The van der Waals surface area contributed by atoms with Crippen LogP contribution >= 0.6 is 11.3 Å². The van der Waals surface area contributed by atoms with Crippen molar-refractivity contribution in [1.82, 2.24) is 9.97 Å². The van der Waals surface area contributed by atoms with Gasteiger partial charge in [-0.15, -0.1) is 11.3 Å². The number of anilines is 1. The summed E-state index contributed by atoms with van der Waals surface area (Å²) in [6.07, 6.45) is 2.84. The highest BCUT2D eigenvalue weighted by atomic mass is 32.1. The van der Waals surface area contributed by atoms with E-state index in [4.69, 9.17) is 0 Å². The molecule has 1 fully saturated rings. The van der Waals surface area contributed by atoms with Gasteiger partial charge in [-0.25, -0.2) is 9.97 Å². The van der Waals surface area contributed by atoms with Crippen molar-refractivity contribution in [2.45, 2.75) is 19.8 Å². The van der Waals surface area contributed by atoms with Crippen molar-refractivity contribution < 1.29 is 4.79 Å². The zero-order chi connectivity index (χ0) is 15.8. The lowest BCUT2D eigenvalue weighted by Gasteiger charge is -2.27. The van der Waals surface area contributed by atoms with Crippen LogP contribution < -0.4 is 4.90 Å². The number of aromatic nitrogens is 2. The predicted molar refractivity (Wildman–Crippen MR) is 94.0 cm³/mol. The van der Waals surface area contributed by atoms with Gasteiger partial charge in [0.1, 0.15) is 22.8 Å². The van der Waals surface area contributed by atoms with Crippen LogP contribution in [0.4, 0.5) is 5.82 Å². The quantitative estimate of drug-likeness (QED) is 0.719. The summed E-state index contributed by atoms with van der Waals surface area (Å²) in [6, 6.07) is 8.55. The molecule has 2 aromatic heterocycles. The highest BCUT2D eigenvalue weighted by Gasteiger charge is 2.22. The largest absolute Gasteiger partial charge is 0.355 e. The van der Waals surface area contributed by atoms with Crippen molar-refractivity contribution >= 4 is 33.2 Å². The molecule has 5 heteroatoms. The van der Waals surface area contributed by atoms with E-state index in [9.17, 15) is 4.79 Å². The third kappa shape index (κ3) is 2.61. The Kier molecular flexibility index (Phi) is 3.58. The lowest BCUT2D eigenvalue weighted by atomic mass is 10.0. The van der Waals surface area contributed by atoms with Crippen LogP contribution in [0.3, 0.4) is 0 Å². The number of hydrogen-bond acceptors (Lipinski definition) is 5. The summed E-state index contributed by atoms with van der Waals surface area (Å²) in [7, 11) is 0. The van der Waals surface area contributed by atoms with Crippen molar-refractivity contribution in [1.29, 1.82) is 0 Å². The van der Waals surface area contributed by atoms with Crippen LogP contribution in [0.15, 0.2) is 36.0 Å². The van der Waals surface area contributed by atoms with E-state index in [1.165, 1.54) is 16.7 Å². The zero-order valence-corrected chi connectivity index (χ0v) is 13.8. The molecule has 4 rings (SSSR count). The number of piperidine rings is 1. The molecule has 1 saturated heterocycles. The second-order valence-electron chi connectivity index (χ2n) is 5.92. The minimum Gasteiger partial charge on any atom is -0.355 e. The van der Waals surface area contributed by atoms with Crippen LogP contribution in [-0.4, -0.2) is 28.8 Å². The molecule has 0 amide bonds. The van der Waals surface area contributed by atoms with E-state index in [-0.39, 0.29) is 0 Å². The number of aryl methyl sites for hydroxylation is 1. The fourth-order valence-electron chi connectivity index (χ4n) is 3.01. The molecule has 0 saturated carbocycles. The van der Waals surface area contributed by atoms with Gasteiger partial charge in [-0.3, -0.25) is 4.79 Å². The number of thiophene rings is 1. The van der Waals surface area contributed by atoms with Crippen molar-refractivity contribution in [3.8, 4) is 11.1 Å². The van der Waals surface area contributed by atoms with Crippen LogP contribution in [0.1, 0.15) is 18.4 Å². The monoisotopic (exact) mass is 323 g/mol. The van der Waals surface area contributed by atoms with Gasteiger partial charge < -0.3 is 4.90 Å². The Morgan fingerprint density at radius 1 is 1.09 bits per heavy atom. The average Bonchev–Trinajstić information content (AvgIpc) is 3.00. The number of Topliss-reactive ketones (excluding diaryl/α,β-unsaturated/α-hetero) is 1. The maximum absolute atomic E-state index is 11.5. The number of nitrogens with zero attached hydrogens (tertiary/aromatic N) is 3. The summed E-state index contributed by atoms with van der Waals surface area (Å²) < 4.78 is 0. The van der Waals surface area contributed by atoms with Gasteiger partial charge in [0.05, 0.1) is 5.39 Å². The fraction of sp³-hybridized carbons (Fsp3) is 0.278. The van der Waals surface area contributed by atoms with Crippen LogP contribution in [-0.2, 0) is 4.79 Å². The van der Waals surface area contributed by atoms with Crippen molar-refractivity contribution in [3.63, 3.8) is 0 Å². The third-order valence-corrected chi connectivity index (χ3v) is 5.22. The highest BCUT2D eigenvalue weighted by Crippen LogP contribution is 2.38. The standard InChI is InChI=1S/C18H17N3OS/c1-12-2-4-13(5-3-12)15-10-23-18-16(15)17(19-11-20-18)21-8-6-14(22)7-9-21/h2-5,10-11H,6-9H2,1H3. The van der Waals surface area contributed by atoms with Crippen molar-refractivity contribution in [2.75, 3.05) is 18.0 Å². The first-order chi connectivity index (χ1) is 11.2. The van der Waals surface area contributed by atoms with E-state index < -0.39 is 0 Å². The number of carbonyl (C=O) groups is 1. The van der Waals surface area contributed by atoms with Crippen LogP contribution in [0, 0.1) is 6.92 Å². The van der Waals surface area contributed by atoms with E-state index in [0.717, 1.165) is 29.1 Å². The number of benzene rings is 1. The lowest BCUT2D eigenvalue weighted by Crippen LogP contribution is -2.34. The molecule has 4 nitrogen and oxygen atoms in total. The first-order valence-corrected chi connectivity index (χ1v) is 8.66. The van der Waals surface area contributed by atoms with Gasteiger partial charge in [0.25, 0.3) is 0 Å². The Bertz CT molecular complexity index is 860. The Hall–Kier alpha value is -2.27. The third-order valence-electron chi connectivity index (χ3n) is 4.33. The van der Waals surface area contributed by atoms with Crippen molar-refractivity contribution in [3.05, 3.63) is 41.5 Å². The Morgan fingerprint density at radius 3 is 2.57 bits per heavy atom. The molecule has 0 unspecified atom stereocenters. The maximum Gasteiger partial charge on any atom is 0.141 e. The topological polar surface area (TPSA) is 46.1 Å². The van der Waals surface area contributed by atoms with Crippen LogP contribution in [0.2, 0.25) is 0 Å². The van der Waals surface area contributed by atoms with Crippen LogP contribution in [0.5, 0.6) is 0 Å². The summed E-state index contributed by atoms with van der Waals surface area (Å²) in [4.78, 5) is 23.7. The number of rotatable bonds is 2. The summed E-state index contributed by atoms with van der Waals surface area (Å²) in [5.41, 5.74) is 3.61. The molecule has 3 aromatic rings. The SMILES string of the molecule is Cc1ccc(-c2csc3ncnc(N4CCC(=O)CC4)c23)cc1. The molecule has 0 bridgehead atoms. The fourth-order valence-corrected chi connectivity index (χ4v) is 3.92. The predicted octanol–water partition coefficient (Wildman–Crippen LogP) is 3.84. The van der Waals surface area contributed by atoms with E-state index >= 15 is 0 Å². The summed E-state index contributed by atoms with van der Waals surface area (Å²) in [5, 5.41) is 3.26. The second kappa shape index (κ2) is 5.74. The summed E-state index contributed by atoms with van der Waals surface area (Å²) in [6.45, 7) is 3.58. The lowest BCUT2D eigenvalue weighted by molar-refractivity contribution is -0.119. The van der Waals surface area contributed by atoms with Gasteiger partial charge in [-0.1, -0.05) is 29.8 Å². The molecule has 0 spiro atoms. The van der Waals surface area contributed by atoms with Gasteiger partial charge in [0.15, 0.2) is 0 Å². The zero-order valence-electron chi connectivity index (χ0n) is 13.0. The number of fused-ring (bicyclic) bond motifs is 1. The van der Waals surface area contributed by atoms with Crippen molar-refractivity contribution in [2.24, 2.45) is 0 Å². The molecule has 1 aliphatic rings. The smallest absolute Gasteiger partial charge is 0.141 e. The van der Waals surface area contributed by atoms with Gasteiger partial charge in [0, 0.05) is 36.9 Å². The Morgan fingerprint density at radius 2 is 1.83 bits per heavy atom. The number of hydrogen-bond donors (Lipinski definition) is 0. The molecule has 3 heterocycles. The molecule has 116 valence electrons. The molecule has 23 heavy (non-hydrogen) atoms. The molecule has 0 atom stereocenters. The van der Waals surface area contributed by atoms with E-state index in [0.29, 0.717) is 18.6 Å². The minimum atomic E-state index is 0.343. The molecular weight excluding hydrogens is 306 g/mol. The summed E-state index contributed by atoms with van der Waals surface area (Å²) >= 11 is 1.65. The minimum absolute atomic E-state index is 0.343. The Balaban J connectivity index is 1.83.